The van der Waals surface area contributed by atoms with Crippen molar-refractivity contribution in [1.29, 1.82) is 0 Å². The summed E-state index contributed by atoms with van der Waals surface area (Å²) < 4.78 is 16.3. The average molecular weight is 292 g/mol. The zero-order chi connectivity index (χ0) is 13.9. The number of nitrogens with zero attached hydrogens (tertiary/aromatic N) is 1. The summed E-state index contributed by atoms with van der Waals surface area (Å²) in [4.78, 5) is 0. The van der Waals surface area contributed by atoms with Crippen LogP contribution in [0.3, 0.4) is 0 Å². The van der Waals surface area contributed by atoms with E-state index in [0.29, 0.717) is 5.88 Å². The molecule has 0 aliphatic carbocycles. The maximum atomic E-state index is 6.04. The Balaban J connectivity index is 1.92. The predicted molar refractivity (Wildman–Crippen MR) is 79.3 cm³/mol. The van der Waals surface area contributed by atoms with Gasteiger partial charge in [0.1, 0.15) is 6.10 Å². The van der Waals surface area contributed by atoms with Gasteiger partial charge in [0, 0.05) is 5.75 Å². The molecule has 1 aliphatic heterocycles. The second-order valence-electron chi connectivity index (χ2n) is 4.57. The van der Waals surface area contributed by atoms with Crippen molar-refractivity contribution in [2.45, 2.75) is 12.5 Å². The molecule has 1 fully saturated rings. The largest absolute Gasteiger partial charge is 0.493 e. The molecule has 1 atom stereocenters. The van der Waals surface area contributed by atoms with E-state index >= 15 is 0 Å². The van der Waals surface area contributed by atoms with Gasteiger partial charge in [-0.05, 0) is 29.9 Å². The molecule has 1 aliphatic rings. The zero-order valence-electron chi connectivity index (χ0n) is 11.2. The Kier molecular flexibility index (Phi) is 3.73. The number of anilines is 1. The normalized spacial score (nSPS) is 18.1. The molecule has 0 amide bonds. The van der Waals surface area contributed by atoms with E-state index in [4.69, 9.17) is 19.7 Å². The van der Waals surface area contributed by atoms with Crippen LogP contribution in [0, 0.1) is 0 Å². The third-order valence-electron chi connectivity index (χ3n) is 3.25. The molecule has 6 heteroatoms. The summed E-state index contributed by atoms with van der Waals surface area (Å²) in [5, 5.41) is 3.70. The van der Waals surface area contributed by atoms with Crippen molar-refractivity contribution in [3.8, 4) is 22.6 Å². The van der Waals surface area contributed by atoms with Crippen molar-refractivity contribution in [2.75, 3.05) is 24.3 Å². The number of nitrogens with two attached hydrogens (primary N) is 1. The van der Waals surface area contributed by atoms with Crippen molar-refractivity contribution in [3.05, 3.63) is 24.4 Å². The van der Waals surface area contributed by atoms with E-state index in [1.54, 1.807) is 13.3 Å². The molecule has 0 radical (unpaired) electrons. The van der Waals surface area contributed by atoms with Crippen LogP contribution in [0.2, 0.25) is 0 Å². The molecular formula is C14H16N2O3S. The Morgan fingerprint density at radius 1 is 1.40 bits per heavy atom. The summed E-state index contributed by atoms with van der Waals surface area (Å²) in [5.74, 6) is 3.92. The van der Waals surface area contributed by atoms with Gasteiger partial charge in [-0.15, -0.1) is 0 Å². The van der Waals surface area contributed by atoms with E-state index in [2.05, 4.69) is 5.16 Å². The minimum atomic E-state index is 0.240. The second-order valence-corrected chi connectivity index (χ2v) is 5.72. The van der Waals surface area contributed by atoms with Crippen molar-refractivity contribution in [1.82, 2.24) is 5.16 Å². The fourth-order valence-corrected chi connectivity index (χ4v) is 3.28. The Morgan fingerprint density at radius 2 is 2.30 bits per heavy atom. The third kappa shape index (κ3) is 2.56. The van der Waals surface area contributed by atoms with Gasteiger partial charge < -0.3 is 19.7 Å². The van der Waals surface area contributed by atoms with Crippen LogP contribution in [0.5, 0.6) is 11.5 Å². The molecule has 2 aromatic rings. The van der Waals surface area contributed by atoms with Crippen LogP contribution in [-0.4, -0.2) is 29.9 Å². The molecule has 0 saturated carbocycles. The fraction of sp³-hybridized carbons (Fsp3) is 0.357. The van der Waals surface area contributed by atoms with Crippen molar-refractivity contribution < 1.29 is 14.0 Å². The highest BCUT2D eigenvalue weighted by Gasteiger charge is 2.19. The molecule has 1 aromatic heterocycles. The highest BCUT2D eigenvalue weighted by atomic mass is 32.2. The Bertz CT molecular complexity index is 594. The molecule has 1 saturated heterocycles. The molecule has 0 bridgehead atoms. The Labute approximate surface area is 121 Å². The number of ether oxygens (including phenoxy) is 2. The summed E-state index contributed by atoms with van der Waals surface area (Å²) in [6.45, 7) is 0. The molecule has 1 unspecified atom stereocenters. The van der Waals surface area contributed by atoms with Crippen LogP contribution in [0.25, 0.3) is 11.1 Å². The molecule has 2 heterocycles. The quantitative estimate of drug-likeness (QED) is 0.934. The second kappa shape index (κ2) is 5.66. The van der Waals surface area contributed by atoms with Gasteiger partial charge in [0.25, 0.3) is 0 Å². The van der Waals surface area contributed by atoms with Crippen molar-refractivity contribution >= 4 is 17.6 Å². The van der Waals surface area contributed by atoms with Gasteiger partial charge in [0.15, 0.2) is 11.5 Å². The molecular weight excluding hydrogens is 276 g/mol. The lowest BCUT2D eigenvalue weighted by Gasteiger charge is -2.16. The highest BCUT2D eigenvalue weighted by molar-refractivity contribution is 7.99. The van der Waals surface area contributed by atoms with Crippen LogP contribution in [0.15, 0.2) is 28.9 Å². The van der Waals surface area contributed by atoms with E-state index in [-0.39, 0.29) is 6.10 Å². The number of hydrogen-bond acceptors (Lipinski definition) is 6. The number of nitrogen functional groups attached to an aromatic ring is 1. The topological polar surface area (TPSA) is 70.5 Å². The van der Waals surface area contributed by atoms with E-state index in [0.717, 1.165) is 40.6 Å². The van der Waals surface area contributed by atoms with Crippen LogP contribution in [-0.2, 0) is 0 Å². The molecule has 106 valence electrons. The Hall–Kier alpha value is -1.82. The first-order valence-electron chi connectivity index (χ1n) is 6.41. The van der Waals surface area contributed by atoms with Gasteiger partial charge in [0.05, 0.1) is 18.9 Å². The van der Waals surface area contributed by atoms with E-state index in [1.807, 2.05) is 30.0 Å². The van der Waals surface area contributed by atoms with Gasteiger partial charge >= 0.3 is 0 Å². The lowest BCUT2D eigenvalue weighted by molar-refractivity contribution is 0.218. The van der Waals surface area contributed by atoms with Crippen LogP contribution in [0.1, 0.15) is 6.42 Å². The Morgan fingerprint density at radius 3 is 2.95 bits per heavy atom. The first-order chi connectivity index (χ1) is 9.78. The fourth-order valence-electron chi connectivity index (χ4n) is 2.19. The summed E-state index contributed by atoms with van der Waals surface area (Å²) >= 11 is 1.91. The van der Waals surface area contributed by atoms with Gasteiger partial charge in [-0.1, -0.05) is 11.2 Å². The predicted octanol–water partition coefficient (Wildman–Crippen LogP) is 2.82. The molecule has 20 heavy (non-hydrogen) atoms. The van der Waals surface area contributed by atoms with Crippen LogP contribution in [0.4, 0.5) is 5.88 Å². The maximum absolute atomic E-state index is 6.04. The lowest BCUT2D eigenvalue weighted by atomic mass is 10.1. The zero-order valence-corrected chi connectivity index (χ0v) is 12.0. The molecule has 2 N–H and O–H groups in total. The van der Waals surface area contributed by atoms with Crippen molar-refractivity contribution in [3.63, 3.8) is 0 Å². The van der Waals surface area contributed by atoms with Crippen LogP contribution >= 0.6 is 11.8 Å². The number of methoxy groups -OCH3 is 1. The van der Waals surface area contributed by atoms with Crippen molar-refractivity contribution in [2.24, 2.45) is 0 Å². The van der Waals surface area contributed by atoms with E-state index in [1.165, 1.54) is 0 Å². The highest BCUT2D eigenvalue weighted by Crippen LogP contribution is 2.36. The number of hydrogen-bond donors (Lipinski definition) is 1. The van der Waals surface area contributed by atoms with Crippen LogP contribution < -0.4 is 15.2 Å². The van der Waals surface area contributed by atoms with Gasteiger partial charge in [-0.3, -0.25) is 0 Å². The molecule has 5 nitrogen and oxygen atoms in total. The van der Waals surface area contributed by atoms with Gasteiger partial charge in [0.2, 0.25) is 5.88 Å². The summed E-state index contributed by atoms with van der Waals surface area (Å²) in [7, 11) is 1.64. The maximum Gasteiger partial charge on any atom is 0.229 e. The molecule has 3 rings (SSSR count). The summed E-state index contributed by atoms with van der Waals surface area (Å²) in [6.07, 6.45) is 2.91. The van der Waals surface area contributed by atoms with E-state index in [9.17, 15) is 0 Å². The monoisotopic (exact) mass is 292 g/mol. The molecule has 0 spiro atoms. The molecule has 1 aromatic carbocycles. The van der Waals surface area contributed by atoms with Gasteiger partial charge in [-0.2, -0.15) is 11.8 Å². The third-order valence-corrected chi connectivity index (χ3v) is 4.39. The summed E-state index contributed by atoms with van der Waals surface area (Å²) in [6, 6.07) is 5.71. The average Bonchev–Trinajstić information content (AvgIpc) is 3.10. The SMILES string of the molecule is COc1ccc(-c2cnoc2N)cc1OC1CCSC1. The number of thioether (sulfide) groups is 1. The minimum Gasteiger partial charge on any atom is -0.493 e. The summed E-state index contributed by atoms with van der Waals surface area (Å²) in [5.41, 5.74) is 7.42. The first kappa shape index (κ1) is 13.2. The standard InChI is InChI=1S/C14H16N2O3S/c1-17-12-3-2-9(11-7-16-19-14(11)15)6-13(12)18-10-4-5-20-8-10/h2-3,6-7,10H,4-5,8,15H2,1H3. The number of benzene rings is 1. The first-order valence-corrected chi connectivity index (χ1v) is 7.56. The lowest BCUT2D eigenvalue weighted by Crippen LogP contribution is -2.15. The number of aromatic nitrogens is 1. The number of rotatable bonds is 4. The van der Waals surface area contributed by atoms with E-state index < -0.39 is 0 Å². The van der Waals surface area contributed by atoms with Gasteiger partial charge in [-0.25, -0.2) is 0 Å². The minimum absolute atomic E-state index is 0.240. The smallest absolute Gasteiger partial charge is 0.229 e.